The third kappa shape index (κ3) is 3.86. The molecule has 0 unspecified atom stereocenters. The molecule has 0 bridgehead atoms. The van der Waals surface area contributed by atoms with Crippen LogP contribution < -0.4 is 9.64 Å². The maximum atomic E-state index is 13.2. The Morgan fingerprint density at radius 2 is 1.60 bits per heavy atom. The number of methoxy groups -OCH3 is 2. The molecule has 3 aromatic carbocycles. The molecular weight excluding hydrogens is 466 g/mol. The van der Waals surface area contributed by atoms with Gasteiger partial charge in [-0.1, -0.05) is 53.6 Å². The molecule has 6 nitrogen and oxygen atoms in total. The second kappa shape index (κ2) is 8.96. The molecule has 0 fully saturated rings. The number of anilines is 1. The highest BCUT2D eigenvalue weighted by Gasteiger charge is 2.45. The van der Waals surface area contributed by atoms with Gasteiger partial charge >= 0.3 is 11.9 Å². The molecule has 0 N–H and O–H groups in total. The van der Waals surface area contributed by atoms with Gasteiger partial charge in [0.25, 0.3) is 0 Å². The van der Waals surface area contributed by atoms with Crippen molar-refractivity contribution in [3.05, 3.63) is 105 Å². The zero-order valence-corrected chi connectivity index (χ0v) is 20.1. The Morgan fingerprint density at radius 3 is 2.26 bits per heavy atom. The number of nitrogens with zero attached hydrogens (tertiary/aromatic N) is 1. The number of carbonyl (C=O) groups excluding carboxylic acids is 2. The van der Waals surface area contributed by atoms with Crippen LogP contribution in [0, 0.1) is 6.92 Å². The molecule has 0 saturated carbocycles. The van der Waals surface area contributed by atoms with E-state index in [2.05, 4.69) is 6.08 Å². The maximum Gasteiger partial charge on any atom is 0.374 e. The minimum absolute atomic E-state index is 0.0620. The number of aryl methyl sites for hydroxylation is 1. The quantitative estimate of drug-likeness (QED) is 0.440. The van der Waals surface area contributed by atoms with Crippen molar-refractivity contribution in [2.75, 3.05) is 19.1 Å². The van der Waals surface area contributed by atoms with E-state index in [1.165, 1.54) is 14.2 Å². The zero-order chi connectivity index (χ0) is 24.7. The Balaban J connectivity index is 1.85. The third-order valence-electron chi connectivity index (χ3n) is 6.14. The SMILES string of the molecule is COC(=O)C1=C(C(=O)OC)[C@H]2c3c(cccc3O1)C=C(c1ccc(C)cc1)N2c1ccc(Cl)cc1. The minimum atomic E-state index is -0.760. The highest BCUT2D eigenvalue weighted by atomic mass is 35.5. The van der Waals surface area contributed by atoms with E-state index in [-0.39, 0.29) is 11.3 Å². The molecule has 1 atom stereocenters. The van der Waals surface area contributed by atoms with E-state index in [4.69, 9.17) is 25.8 Å². The number of halogens is 1. The van der Waals surface area contributed by atoms with Gasteiger partial charge in [0.05, 0.1) is 20.3 Å². The number of hydrogen-bond donors (Lipinski definition) is 0. The van der Waals surface area contributed by atoms with E-state index >= 15 is 0 Å². The fourth-order valence-corrected chi connectivity index (χ4v) is 4.64. The Morgan fingerprint density at radius 1 is 0.914 bits per heavy atom. The van der Waals surface area contributed by atoms with E-state index in [1.54, 1.807) is 18.2 Å². The van der Waals surface area contributed by atoms with Gasteiger partial charge in [0.2, 0.25) is 5.76 Å². The predicted molar refractivity (Wildman–Crippen MR) is 134 cm³/mol. The molecule has 0 radical (unpaired) electrons. The van der Waals surface area contributed by atoms with Crippen LogP contribution in [0.5, 0.6) is 5.75 Å². The molecule has 2 aliphatic rings. The average Bonchev–Trinajstić information content (AvgIpc) is 2.88. The van der Waals surface area contributed by atoms with E-state index < -0.39 is 18.0 Å². The number of hydrogen-bond acceptors (Lipinski definition) is 6. The molecule has 0 saturated heterocycles. The van der Waals surface area contributed by atoms with Crippen LogP contribution in [0.15, 0.2) is 78.1 Å². The number of benzene rings is 3. The largest absolute Gasteiger partial charge is 0.465 e. The molecule has 35 heavy (non-hydrogen) atoms. The van der Waals surface area contributed by atoms with Crippen molar-refractivity contribution in [2.24, 2.45) is 0 Å². The summed E-state index contributed by atoms with van der Waals surface area (Å²) in [6.07, 6.45) is 2.05. The molecule has 3 aromatic rings. The first-order valence-corrected chi connectivity index (χ1v) is 11.4. The summed E-state index contributed by atoms with van der Waals surface area (Å²) >= 11 is 6.20. The predicted octanol–water partition coefficient (Wildman–Crippen LogP) is 5.70. The topological polar surface area (TPSA) is 65.1 Å². The summed E-state index contributed by atoms with van der Waals surface area (Å²) in [6.45, 7) is 2.02. The van der Waals surface area contributed by atoms with Gasteiger partial charge in [-0.15, -0.1) is 0 Å². The molecule has 0 amide bonds. The molecule has 2 aliphatic heterocycles. The van der Waals surface area contributed by atoms with Crippen LogP contribution in [0.1, 0.15) is 28.3 Å². The summed E-state index contributed by atoms with van der Waals surface area (Å²) in [5.41, 5.74) is 5.38. The van der Waals surface area contributed by atoms with Gasteiger partial charge in [-0.2, -0.15) is 0 Å². The third-order valence-corrected chi connectivity index (χ3v) is 6.39. The lowest BCUT2D eigenvalue weighted by Crippen LogP contribution is -2.39. The Labute approximate surface area is 208 Å². The second-order valence-corrected chi connectivity index (χ2v) is 8.67. The Hall–Kier alpha value is -4.03. The lowest BCUT2D eigenvalue weighted by Gasteiger charge is -2.42. The summed E-state index contributed by atoms with van der Waals surface area (Å²) in [4.78, 5) is 28.0. The maximum absolute atomic E-state index is 13.2. The zero-order valence-electron chi connectivity index (χ0n) is 19.4. The molecule has 0 aromatic heterocycles. The van der Waals surface area contributed by atoms with Crippen LogP contribution in [0.25, 0.3) is 11.8 Å². The fraction of sp³-hybridized carbons (Fsp3) is 0.143. The summed E-state index contributed by atoms with van der Waals surface area (Å²) in [5.74, 6) is -1.17. The van der Waals surface area contributed by atoms with Gasteiger partial charge in [0.15, 0.2) is 0 Å². The molecule has 7 heteroatoms. The normalized spacial score (nSPS) is 16.2. The van der Waals surface area contributed by atoms with Crippen molar-refractivity contribution in [2.45, 2.75) is 13.0 Å². The van der Waals surface area contributed by atoms with Crippen molar-refractivity contribution in [3.8, 4) is 5.75 Å². The molecular formula is C28H22ClNO5. The summed E-state index contributed by atoms with van der Waals surface area (Å²) in [6, 6.07) is 20.3. The highest BCUT2D eigenvalue weighted by Crippen LogP contribution is 2.51. The average molecular weight is 488 g/mol. The van der Waals surface area contributed by atoms with Gasteiger partial charge in [0, 0.05) is 22.0 Å². The monoisotopic (exact) mass is 487 g/mol. The number of rotatable bonds is 4. The fourth-order valence-electron chi connectivity index (χ4n) is 4.51. The van der Waals surface area contributed by atoms with E-state index in [9.17, 15) is 9.59 Å². The molecule has 0 aliphatic carbocycles. The molecule has 0 spiro atoms. The number of esters is 2. The van der Waals surface area contributed by atoms with Crippen LogP contribution >= 0.6 is 11.6 Å². The van der Waals surface area contributed by atoms with Crippen LogP contribution in [0.4, 0.5) is 5.69 Å². The summed E-state index contributed by atoms with van der Waals surface area (Å²) in [5, 5.41) is 0.582. The van der Waals surface area contributed by atoms with Crippen LogP contribution in [-0.4, -0.2) is 26.2 Å². The van der Waals surface area contributed by atoms with E-state index in [1.807, 2.05) is 60.4 Å². The van der Waals surface area contributed by atoms with Crippen molar-refractivity contribution < 1.29 is 23.8 Å². The minimum Gasteiger partial charge on any atom is -0.465 e. The molecule has 176 valence electrons. The van der Waals surface area contributed by atoms with Crippen molar-refractivity contribution in [1.29, 1.82) is 0 Å². The second-order valence-electron chi connectivity index (χ2n) is 8.23. The van der Waals surface area contributed by atoms with Crippen LogP contribution in [0.3, 0.4) is 0 Å². The first kappa shape index (κ1) is 22.7. The van der Waals surface area contributed by atoms with E-state index in [0.29, 0.717) is 10.8 Å². The lowest BCUT2D eigenvalue weighted by molar-refractivity contribution is -0.141. The first-order valence-electron chi connectivity index (χ1n) is 11.0. The smallest absolute Gasteiger partial charge is 0.374 e. The van der Waals surface area contributed by atoms with Gasteiger partial charge in [-0.05, 0) is 54.5 Å². The van der Waals surface area contributed by atoms with Gasteiger partial charge < -0.3 is 19.1 Å². The number of carbonyl (C=O) groups is 2. The van der Waals surface area contributed by atoms with Crippen molar-refractivity contribution >= 4 is 41.0 Å². The van der Waals surface area contributed by atoms with Crippen molar-refractivity contribution in [3.63, 3.8) is 0 Å². The van der Waals surface area contributed by atoms with Crippen molar-refractivity contribution in [1.82, 2.24) is 0 Å². The first-order chi connectivity index (χ1) is 16.9. The van der Waals surface area contributed by atoms with Gasteiger partial charge in [0.1, 0.15) is 11.3 Å². The number of ether oxygens (including phenoxy) is 3. The lowest BCUT2D eigenvalue weighted by atomic mass is 9.84. The highest BCUT2D eigenvalue weighted by molar-refractivity contribution is 6.30. The van der Waals surface area contributed by atoms with Gasteiger partial charge in [-0.3, -0.25) is 0 Å². The standard InChI is InChI=1S/C28H22ClNO5/c1-16-7-9-17(10-8-16)21-15-18-5-4-6-22-23(18)25(30(21)20-13-11-19(29)12-14-20)24(27(31)33-2)26(35-22)28(32)34-3/h4-15,25H,1-3H3/t25-/m1/s1. The van der Waals surface area contributed by atoms with Gasteiger partial charge in [-0.25, -0.2) is 9.59 Å². The van der Waals surface area contributed by atoms with E-state index in [0.717, 1.165) is 33.6 Å². The molecule has 2 heterocycles. The summed E-state index contributed by atoms with van der Waals surface area (Å²) in [7, 11) is 2.52. The Bertz CT molecular complexity index is 1390. The van der Waals surface area contributed by atoms with Crippen LogP contribution in [-0.2, 0) is 19.1 Å². The molecule has 5 rings (SSSR count). The summed E-state index contributed by atoms with van der Waals surface area (Å²) < 4.78 is 16.1. The van der Waals surface area contributed by atoms with Crippen LogP contribution in [0.2, 0.25) is 5.02 Å². The Kier molecular flexibility index (Phi) is 5.83.